The van der Waals surface area contributed by atoms with Crippen LogP contribution < -0.4 is 10.6 Å². The van der Waals surface area contributed by atoms with Gasteiger partial charge in [0, 0.05) is 31.5 Å². The lowest BCUT2D eigenvalue weighted by atomic mass is 9.85. The van der Waals surface area contributed by atoms with E-state index in [0.29, 0.717) is 0 Å². The lowest BCUT2D eigenvalue weighted by molar-refractivity contribution is 0.317. The standard InChI is InChI=1S/C14H24N4/c1-3-18(10-12-5-4-6-12)14-16-8-13(9-17-14)7-11(2)15/h8-9,11-12H,3-7,10,15H2,1-2H3. The van der Waals surface area contributed by atoms with E-state index in [0.717, 1.165) is 36.9 Å². The molecule has 1 fully saturated rings. The third-order valence-electron chi connectivity index (χ3n) is 3.62. The minimum atomic E-state index is 0.164. The van der Waals surface area contributed by atoms with E-state index in [1.54, 1.807) is 0 Å². The zero-order valence-electron chi connectivity index (χ0n) is 11.5. The smallest absolute Gasteiger partial charge is 0.225 e. The molecule has 0 spiro atoms. The molecule has 0 radical (unpaired) electrons. The van der Waals surface area contributed by atoms with E-state index >= 15 is 0 Å². The minimum Gasteiger partial charge on any atom is -0.341 e. The van der Waals surface area contributed by atoms with Crippen molar-refractivity contribution in [2.24, 2.45) is 11.7 Å². The Kier molecular flexibility index (Phi) is 4.53. The summed E-state index contributed by atoms with van der Waals surface area (Å²) in [6.45, 7) is 6.24. The van der Waals surface area contributed by atoms with Crippen LogP contribution >= 0.6 is 0 Å². The molecule has 18 heavy (non-hydrogen) atoms. The Morgan fingerprint density at radius 2 is 2.06 bits per heavy atom. The van der Waals surface area contributed by atoms with Crippen molar-refractivity contribution in [3.8, 4) is 0 Å². The molecule has 4 nitrogen and oxygen atoms in total. The lowest BCUT2D eigenvalue weighted by Gasteiger charge is -2.31. The van der Waals surface area contributed by atoms with Crippen LogP contribution in [0.25, 0.3) is 0 Å². The molecule has 2 N–H and O–H groups in total. The van der Waals surface area contributed by atoms with Gasteiger partial charge in [-0.3, -0.25) is 0 Å². The van der Waals surface area contributed by atoms with Gasteiger partial charge in [-0.25, -0.2) is 9.97 Å². The monoisotopic (exact) mass is 248 g/mol. The van der Waals surface area contributed by atoms with E-state index in [9.17, 15) is 0 Å². The summed E-state index contributed by atoms with van der Waals surface area (Å²) < 4.78 is 0. The molecule has 0 saturated heterocycles. The molecule has 1 aliphatic rings. The third kappa shape index (κ3) is 3.42. The van der Waals surface area contributed by atoms with Crippen LogP contribution in [-0.4, -0.2) is 29.1 Å². The quantitative estimate of drug-likeness (QED) is 0.836. The normalized spacial score (nSPS) is 17.3. The molecule has 4 heteroatoms. The molecule has 0 bridgehead atoms. The summed E-state index contributed by atoms with van der Waals surface area (Å²) in [5.74, 6) is 1.70. The summed E-state index contributed by atoms with van der Waals surface area (Å²) in [6, 6.07) is 0.164. The van der Waals surface area contributed by atoms with Gasteiger partial charge in [0.2, 0.25) is 5.95 Å². The van der Waals surface area contributed by atoms with Crippen LogP contribution in [0.4, 0.5) is 5.95 Å². The number of hydrogen-bond donors (Lipinski definition) is 1. The van der Waals surface area contributed by atoms with Crippen LogP contribution in [0.2, 0.25) is 0 Å². The van der Waals surface area contributed by atoms with Crippen molar-refractivity contribution in [2.45, 2.75) is 45.6 Å². The van der Waals surface area contributed by atoms with Crippen LogP contribution in [0.3, 0.4) is 0 Å². The van der Waals surface area contributed by atoms with Crippen LogP contribution in [-0.2, 0) is 6.42 Å². The van der Waals surface area contributed by atoms with Crippen molar-refractivity contribution in [3.05, 3.63) is 18.0 Å². The molecule has 1 unspecified atom stereocenters. The van der Waals surface area contributed by atoms with Gasteiger partial charge in [0.25, 0.3) is 0 Å². The van der Waals surface area contributed by atoms with Gasteiger partial charge in [-0.2, -0.15) is 0 Å². The molecule has 1 aromatic heterocycles. The summed E-state index contributed by atoms with van der Waals surface area (Å²) in [6.07, 6.45) is 8.77. The van der Waals surface area contributed by atoms with Crippen molar-refractivity contribution in [2.75, 3.05) is 18.0 Å². The molecular formula is C14H24N4. The Hall–Kier alpha value is -1.16. The highest BCUT2D eigenvalue weighted by molar-refractivity contribution is 5.30. The van der Waals surface area contributed by atoms with Crippen molar-refractivity contribution >= 4 is 5.95 Å². The number of nitrogens with zero attached hydrogens (tertiary/aromatic N) is 3. The SMILES string of the molecule is CCN(CC1CCC1)c1ncc(CC(C)N)cn1. The van der Waals surface area contributed by atoms with Crippen LogP contribution in [0.1, 0.15) is 38.7 Å². The third-order valence-corrected chi connectivity index (χ3v) is 3.62. The van der Waals surface area contributed by atoms with Crippen LogP contribution in [0, 0.1) is 5.92 Å². The first-order chi connectivity index (χ1) is 8.69. The molecule has 1 heterocycles. The largest absolute Gasteiger partial charge is 0.341 e. The summed E-state index contributed by atoms with van der Waals surface area (Å²) in [4.78, 5) is 11.2. The van der Waals surface area contributed by atoms with Crippen LogP contribution in [0.5, 0.6) is 0 Å². The van der Waals surface area contributed by atoms with E-state index in [2.05, 4.69) is 21.8 Å². The average molecular weight is 248 g/mol. The highest BCUT2D eigenvalue weighted by atomic mass is 15.2. The molecule has 1 atom stereocenters. The van der Waals surface area contributed by atoms with Crippen molar-refractivity contribution in [1.82, 2.24) is 9.97 Å². The molecule has 1 aliphatic carbocycles. The predicted octanol–water partition coefficient (Wildman–Crippen LogP) is 1.99. The number of hydrogen-bond acceptors (Lipinski definition) is 4. The van der Waals surface area contributed by atoms with Gasteiger partial charge in [0.15, 0.2) is 0 Å². The Morgan fingerprint density at radius 3 is 2.50 bits per heavy atom. The Labute approximate surface area is 110 Å². The topological polar surface area (TPSA) is 55.0 Å². The summed E-state index contributed by atoms with van der Waals surface area (Å²) in [7, 11) is 0. The Morgan fingerprint density at radius 1 is 1.39 bits per heavy atom. The fourth-order valence-electron chi connectivity index (χ4n) is 2.33. The highest BCUT2D eigenvalue weighted by Gasteiger charge is 2.21. The Bertz CT molecular complexity index is 357. The van der Waals surface area contributed by atoms with Crippen molar-refractivity contribution < 1.29 is 0 Å². The van der Waals surface area contributed by atoms with Gasteiger partial charge in [0.1, 0.15) is 0 Å². The highest BCUT2D eigenvalue weighted by Crippen LogP contribution is 2.27. The van der Waals surface area contributed by atoms with E-state index < -0.39 is 0 Å². The van der Waals surface area contributed by atoms with Gasteiger partial charge in [-0.15, -0.1) is 0 Å². The van der Waals surface area contributed by atoms with Crippen LogP contribution in [0.15, 0.2) is 12.4 Å². The van der Waals surface area contributed by atoms with E-state index in [1.165, 1.54) is 19.3 Å². The first-order valence-electron chi connectivity index (χ1n) is 7.00. The van der Waals surface area contributed by atoms with Gasteiger partial charge in [0.05, 0.1) is 0 Å². The van der Waals surface area contributed by atoms with E-state index in [-0.39, 0.29) is 6.04 Å². The molecule has 0 amide bonds. The molecule has 1 aromatic rings. The van der Waals surface area contributed by atoms with E-state index in [1.807, 2.05) is 19.3 Å². The summed E-state index contributed by atoms with van der Waals surface area (Å²) in [5, 5.41) is 0. The summed E-state index contributed by atoms with van der Waals surface area (Å²) >= 11 is 0. The molecule has 1 saturated carbocycles. The first kappa shape index (κ1) is 13.3. The Balaban J connectivity index is 1.97. The van der Waals surface area contributed by atoms with Gasteiger partial charge in [-0.05, 0) is 44.6 Å². The maximum atomic E-state index is 5.77. The number of anilines is 1. The molecule has 100 valence electrons. The maximum Gasteiger partial charge on any atom is 0.225 e. The maximum absolute atomic E-state index is 5.77. The number of rotatable bonds is 6. The van der Waals surface area contributed by atoms with Gasteiger partial charge >= 0.3 is 0 Å². The zero-order valence-corrected chi connectivity index (χ0v) is 11.5. The van der Waals surface area contributed by atoms with E-state index in [4.69, 9.17) is 5.73 Å². The lowest BCUT2D eigenvalue weighted by Crippen LogP contribution is -2.33. The van der Waals surface area contributed by atoms with Gasteiger partial charge in [-0.1, -0.05) is 6.42 Å². The fourth-order valence-corrected chi connectivity index (χ4v) is 2.33. The molecule has 0 aliphatic heterocycles. The summed E-state index contributed by atoms with van der Waals surface area (Å²) in [5.41, 5.74) is 6.89. The van der Waals surface area contributed by atoms with Crippen molar-refractivity contribution in [1.29, 1.82) is 0 Å². The molecule has 2 rings (SSSR count). The first-order valence-corrected chi connectivity index (χ1v) is 7.00. The second kappa shape index (κ2) is 6.14. The zero-order chi connectivity index (χ0) is 13.0. The minimum absolute atomic E-state index is 0.164. The molecule has 0 aromatic carbocycles. The average Bonchev–Trinajstić information content (AvgIpc) is 2.29. The van der Waals surface area contributed by atoms with Gasteiger partial charge < -0.3 is 10.6 Å². The van der Waals surface area contributed by atoms with Crippen molar-refractivity contribution in [3.63, 3.8) is 0 Å². The predicted molar refractivity (Wildman–Crippen MR) is 74.6 cm³/mol. The fraction of sp³-hybridized carbons (Fsp3) is 0.714. The number of nitrogens with two attached hydrogens (primary N) is 1. The second-order valence-electron chi connectivity index (χ2n) is 5.41. The number of aromatic nitrogens is 2. The second-order valence-corrected chi connectivity index (χ2v) is 5.41. The molecular weight excluding hydrogens is 224 g/mol.